The van der Waals surface area contributed by atoms with E-state index in [1.54, 1.807) is 6.20 Å². The lowest BCUT2D eigenvalue weighted by atomic mass is 10.2. The predicted molar refractivity (Wildman–Crippen MR) is 72.5 cm³/mol. The first-order valence-corrected chi connectivity index (χ1v) is 6.12. The number of pyridine rings is 1. The first kappa shape index (κ1) is 13.0. The maximum absolute atomic E-state index is 5.50. The van der Waals surface area contributed by atoms with Crippen molar-refractivity contribution in [3.8, 4) is 0 Å². The summed E-state index contributed by atoms with van der Waals surface area (Å²) in [5, 5.41) is 8.31. The molecule has 82 valence electrons. The van der Waals surface area contributed by atoms with Crippen LogP contribution >= 0.6 is 11.8 Å². The number of rotatable bonds is 5. The second kappa shape index (κ2) is 7.22. The lowest BCUT2D eigenvalue weighted by Gasteiger charge is -2.05. The van der Waals surface area contributed by atoms with Crippen molar-refractivity contribution in [1.82, 2.24) is 4.98 Å². The van der Waals surface area contributed by atoms with E-state index in [0.717, 1.165) is 29.1 Å². The molecule has 0 amide bonds. The van der Waals surface area contributed by atoms with Gasteiger partial charge in [-0.1, -0.05) is 13.3 Å². The Morgan fingerprint density at radius 3 is 3.06 bits per heavy atom. The lowest BCUT2D eigenvalue weighted by Crippen LogP contribution is -1.99. The number of hydrogen-bond donors (Lipinski definition) is 0. The van der Waals surface area contributed by atoms with Gasteiger partial charge in [-0.3, -0.25) is 4.98 Å². The molecule has 0 aliphatic carbocycles. The topological polar surface area (TPSA) is 37.6 Å². The lowest BCUT2D eigenvalue weighted by molar-refractivity contribution is 0.882. The third kappa shape index (κ3) is 3.81. The van der Waals surface area contributed by atoms with Gasteiger partial charge >= 0.3 is 0 Å². The highest BCUT2D eigenvalue weighted by Gasteiger charge is 2.04. The Labute approximate surface area is 102 Å². The Hall–Kier alpha value is -1.10. The predicted octanol–water partition coefficient (Wildman–Crippen LogP) is 2.26. The van der Waals surface area contributed by atoms with Crippen LogP contribution in [-0.2, 0) is 6.42 Å². The van der Waals surface area contributed by atoms with E-state index in [2.05, 4.69) is 28.8 Å². The number of aryl methyl sites for hydroxylation is 1. The third-order valence-corrected chi connectivity index (χ3v) is 2.71. The molecule has 0 saturated heterocycles. The molecule has 3 nitrogen and oxygen atoms in total. The summed E-state index contributed by atoms with van der Waals surface area (Å²) in [6, 6.07) is 3.93. The van der Waals surface area contributed by atoms with Crippen molar-refractivity contribution in [2.24, 2.45) is 10.2 Å². The molecule has 1 rings (SSSR count). The van der Waals surface area contributed by atoms with E-state index < -0.39 is 0 Å². The number of thioether (sulfide) groups is 1. The first-order valence-electron chi connectivity index (χ1n) is 5.13. The molecular formula is C11H14BN3S. The second-order valence-electron chi connectivity index (χ2n) is 3.14. The van der Waals surface area contributed by atoms with Crippen molar-refractivity contribution in [3.05, 3.63) is 29.6 Å². The van der Waals surface area contributed by atoms with Gasteiger partial charge in [-0.25, -0.2) is 0 Å². The molecule has 0 saturated carbocycles. The van der Waals surface area contributed by atoms with Gasteiger partial charge in [-0.2, -0.15) is 5.10 Å². The average molecular weight is 231 g/mol. The molecule has 0 fully saturated rings. The summed E-state index contributed by atoms with van der Waals surface area (Å²) in [5.41, 5.74) is 2.54. The smallest absolute Gasteiger partial charge is 0.125 e. The van der Waals surface area contributed by atoms with Gasteiger partial charge < -0.3 is 0 Å². The van der Waals surface area contributed by atoms with Gasteiger partial charge in [0.25, 0.3) is 0 Å². The molecular weight excluding hydrogens is 217 g/mol. The van der Waals surface area contributed by atoms with Crippen molar-refractivity contribution < 1.29 is 0 Å². The zero-order valence-corrected chi connectivity index (χ0v) is 10.2. The summed E-state index contributed by atoms with van der Waals surface area (Å²) < 4.78 is 0. The maximum Gasteiger partial charge on any atom is 0.125 e. The molecule has 0 N–H and O–H groups in total. The molecule has 0 aliphatic rings. The fourth-order valence-electron chi connectivity index (χ4n) is 1.32. The molecule has 0 aliphatic heterocycles. The van der Waals surface area contributed by atoms with Crippen molar-refractivity contribution in [2.45, 2.75) is 19.8 Å². The van der Waals surface area contributed by atoms with Crippen molar-refractivity contribution >= 4 is 31.4 Å². The number of aromatic nitrogens is 1. The number of nitrogens with zero attached hydrogens (tertiary/aromatic N) is 3. The van der Waals surface area contributed by atoms with Crippen molar-refractivity contribution in [1.29, 1.82) is 0 Å². The largest absolute Gasteiger partial charge is 0.261 e. The zero-order valence-electron chi connectivity index (χ0n) is 9.39. The molecule has 0 unspecified atom stereocenters. The first-order chi connectivity index (χ1) is 7.81. The fourth-order valence-corrected chi connectivity index (χ4v) is 1.88. The molecule has 2 radical (unpaired) electrons. The highest BCUT2D eigenvalue weighted by Crippen LogP contribution is 2.14. The maximum atomic E-state index is 5.50. The molecule has 0 spiro atoms. The van der Waals surface area contributed by atoms with Gasteiger partial charge in [0.1, 0.15) is 5.04 Å². The fraction of sp³-hybridized carbons (Fsp3) is 0.364. The van der Waals surface area contributed by atoms with Crippen LogP contribution in [0.5, 0.6) is 0 Å². The van der Waals surface area contributed by atoms with Crippen LogP contribution in [0.3, 0.4) is 0 Å². The van der Waals surface area contributed by atoms with Crippen LogP contribution in [-0.4, -0.2) is 30.2 Å². The second-order valence-corrected chi connectivity index (χ2v) is 4.15. The SMILES string of the molecule is [B]CS/C(=N\N=C)c1ccnc(CCC)c1. The molecule has 0 aromatic carbocycles. The van der Waals surface area contributed by atoms with E-state index in [9.17, 15) is 0 Å². The van der Waals surface area contributed by atoms with Crippen LogP contribution in [0.2, 0.25) is 0 Å². The van der Waals surface area contributed by atoms with E-state index in [0.29, 0.717) is 5.65 Å². The van der Waals surface area contributed by atoms with E-state index in [-0.39, 0.29) is 0 Å². The minimum atomic E-state index is 0.472. The van der Waals surface area contributed by atoms with E-state index in [1.165, 1.54) is 11.8 Å². The normalized spacial score (nSPS) is 11.4. The minimum Gasteiger partial charge on any atom is -0.261 e. The number of hydrogen-bond acceptors (Lipinski definition) is 4. The minimum absolute atomic E-state index is 0.472. The summed E-state index contributed by atoms with van der Waals surface area (Å²) in [7, 11) is 5.50. The Bertz CT molecular complexity index is 379. The average Bonchev–Trinajstić information content (AvgIpc) is 2.30. The standard InChI is InChI=1S/C11H14BN3S/c1-3-4-10-7-9(5-6-14-10)11(15-13-2)16-8-12/h5-7H,2-4,8H2,1H3/b15-11-. The monoisotopic (exact) mass is 231 g/mol. The van der Waals surface area contributed by atoms with Gasteiger partial charge in [-0.15, -0.1) is 16.9 Å². The summed E-state index contributed by atoms with van der Waals surface area (Å²) >= 11 is 1.45. The van der Waals surface area contributed by atoms with Crippen LogP contribution in [0.1, 0.15) is 24.6 Å². The Morgan fingerprint density at radius 1 is 1.62 bits per heavy atom. The van der Waals surface area contributed by atoms with Gasteiger partial charge in [0, 0.05) is 24.2 Å². The van der Waals surface area contributed by atoms with Crippen LogP contribution in [0.4, 0.5) is 0 Å². The summed E-state index contributed by atoms with van der Waals surface area (Å²) in [4.78, 5) is 4.29. The van der Waals surface area contributed by atoms with Gasteiger partial charge in [0.05, 0.1) is 7.85 Å². The van der Waals surface area contributed by atoms with Gasteiger partial charge in [-0.05, 0) is 24.2 Å². The molecule has 16 heavy (non-hydrogen) atoms. The highest BCUT2D eigenvalue weighted by molar-refractivity contribution is 8.15. The quantitative estimate of drug-likeness (QED) is 0.337. The summed E-state index contributed by atoms with van der Waals surface area (Å²) in [5.74, 6) is 0. The molecule has 5 heteroatoms. The van der Waals surface area contributed by atoms with Crippen LogP contribution in [0, 0.1) is 0 Å². The van der Waals surface area contributed by atoms with Crippen LogP contribution in [0.15, 0.2) is 28.5 Å². The van der Waals surface area contributed by atoms with Crippen molar-refractivity contribution in [2.75, 3.05) is 5.65 Å². The summed E-state index contributed by atoms with van der Waals surface area (Å²) in [6.45, 7) is 5.49. The van der Waals surface area contributed by atoms with E-state index >= 15 is 0 Å². The van der Waals surface area contributed by atoms with Crippen LogP contribution in [0.25, 0.3) is 0 Å². The van der Waals surface area contributed by atoms with E-state index in [4.69, 9.17) is 7.85 Å². The highest BCUT2D eigenvalue weighted by atomic mass is 32.2. The van der Waals surface area contributed by atoms with E-state index in [1.807, 2.05) is 12.1 Å². The van der Waals surface area contributed by atoms with Crippen LogP contribution < -0.4 is 0 Å². The third-order valence-electron chi connectivity index (χ3n) is 1.95. The molecule has 0 bridgehead atoms. The molecule has 1 heterocycles. The molecule has 1 aromatic rings. The Morgan fingerprint density at radius 2 is 2.44 bits per heavy atom. The van der Waals surface area contributed by atoms with Gasteiger partial charge in [0.15, 0.2) is 0 Å². The Balaban J connectivity index is 2.95. The van der Waals surface area contributed by atoms with Crippen molar-refractivity contribution in [3.63, 3.8) is 0 Å². The zero-order chi connectivity index (χ0) is 11.8. The Kier molecular flexibility index (Phi) is 5.86. The molecule has 1 aromatic heterocycles. The summed E-state index contributed by atoms with van der Waals surface area (Å²) in [6.07, 6.45) is 3.83. The molecule has 0 atom stereocenters. The van der Waals surface area contributed by atoms with Gasteiger partial charge in [0.2, 0.25) is 0 Å².